The first-order valence-corrected chi connectivity index (χ1v) is 8.73. The monoisotopic (exact) mass is 331 g/mol. The third kappa shape index (κ3) is 3.25. The zero-order valence-corrected chi connectivity index (χ0v) is 14.3. The van der Waals surface area contributed by atoms with Gasteiger partial charge in [-0.1, -0.05) is 30.3 Å². The molecular formula is C19H25NO4. The number of benzene rings is 1. The molecule has 3 rings (SSSR count). The predicted molar refractivity (Wildman–Crippen MR) is 89.3 cm³/mol. The standard InChI is InChI=1S/C19H25NO4/c1-3-20(19(22)24-12-23-13(2)21)18-16-10-9-15(11-16)17(18)14-7-5-4-6-8-14/h4-8,15-18H,3,9-12H2,1-2H3/t15?,16-,17?,18?/m1/s1. The van der Waals surface area contributed by atoms with Gasteiger partial charge in [0, 0.05) is 25.4 Å². The lowest BCUT2D eigenvalue weighted by atomic mass is 9.79. The van der Waals surface area contributed by atoms with Gasteiger partial charge in [0.05, 0.1) is 0 Å². The van der Waals surface area contributed by atoms with Gasteiger partial charge in [0.25, 0.3) is 0 Å². The van der Waals surface area contributed by atoms with Crippen molar-refractivity contribution in [1.29, 1.82) is 0 Å². The normalized spacial score (nSPS) is 27.8. The van der Waals surface area contributed by atoms with E-state index in [1.807, 2.05) is 17.9 Å². The molecule has 2 aliphatic rings. The molecule has 0 aromatic heterocycles. The van der Waals surface area contributed by atoms with Crippen LogP contribution in [0.4, 0.5) is 4.79 Å². The van der Waals surface area contributed by atoms with Crippen molar-refractivity contribution in [2.75, 3.05) is 13.3 Å². The molecule has 0 saturated heterocycles. The average Bonchev–Trinajstić information content (AvgIpc) is 3.17. The molecule has 2 aliphatic carbocycles. The van der Waals surface area contributed by atoms with E-state index in [9.17, 15) is 9.59 Å². The van der Waals surface area contributed by atoms with Crippen LogP contribution in [0.15, 0.2) is 30.3 Å². The van der Waals surface area contributed by atoms with Crippen LogP contribution in [-0.4, -0.2) is 36.3 Å². The second-order valence-corrected chi connectivity index (χ2v) is 6.71. The number of fused-ring (bicyclic) bond motifs is 2. The molecule has 2 bridgehead atoms. The third-order valence-corrected chi connectivity index (χ3v) is 5.44. The van der Waals surface area contributed by atoms with E-state index >= 15 is 0 Å². The van der Waals surface area contributed by atoms with Crippen LogP contribution >= 0.6 is 0 Å². The lowest BCUT2D eigenvalue weighted by Crippen LogP contribution is -2.47. The van der Waals surface area contributed by atoms with Crippen LogP contribution in [0.3, 0.4) is 0 Å². The molecule has 130 valence electrons. The Hall–Kier alpha value is -2.04. The molecule has 2 saturated carbocycles. The van der Waals surface area contributed by atoms with Crippen molar-refractivity contribution in [3.63, 3.8) is 0 Å². The quantitative estimate of drug-likeness (QED) is 0.611. The number of carbonyl (C=O) groups excluding carboxylic acids is 2. The number of hydrogen-bond donors (Lipinski definition) is 0. The highest BCUT2D eigenvalue weighted by atomic mass is 16.7. The molecule has 5 heteroatoms. The Balaban J connectivity index is 1.76. The summed E-state index contributed by atoms with van der Waals surface area (Å²) in [5, 5.41) is 0. The van der Waals surface area contributed by atoms with Gasteiger partial charge in [0.15, 0.2) is 0 Å². The average molecular weight is 331 g/mol. The Morgan fingerprint density at radius 2 is 1.83 bits per heavy atom. The molecule has 3 unspecified atom stereocenters. The van der Waals surface area contributed by atoms with E-state index in [4.69, 9.17) is 9.47 Å². The van der Waals surface area contributed by atoms with E-state index in [2.05, 4.69) is 24.3 Å². The van der Waals surface area contributed by atoms with Gasteiger partial charge in [-0.2, -0.15) is 0 Å². The number of rotatable bonds is 5. The minimum atomic E-state index is -0.451. The van der Waals surface area contributed by atoms with Gasteiger partial charge in [-0.25, -0.2) is 4.79 Å². The topological polar surface area (TPSA) is 55.8 Å². The number of carbonyl (C=O) groups is 2. The van der Waals surface area contributed by atoms with Gasteiger partial charge in [-0.05, 0) is 43.6 Å². The van der Waals surface area contributed by atoms with E-state index in [1.54, 1.807) is 0 Å². The van der Waals surface area contributed by atoms with Gasteiger partial charge in [-0.3, -0.25) is 4.79 Å². The van der Waals surface area contributed by atoms with Gasteiger partial charge >= 0.3 is 12.1 Å². The largest absolute Gasteiger partial charge is 0.428 e. The zero-order chi connectivity index (χ0) is 17.1. The summed E-state index contributed by atoms with van der Waals surface area (Å²) in [4.78, 5) is 25.2. The molecule has 1 aromatic rings. The van der Waals surface area contributed by atoms with Crippen molar-refractivity contribution in [3.8, 4) is 0 Å². The molecule has 0 aliphatic heterocycles. The van der Waals surface area contributed by atoms with Crippen molar-refractivity contribution in [2.45, 2.75) is 45.1 Å². The molecule has 0 spiro atoms. The Morgan fingerprint density at radius 3 is 2.50 bits per heavy atom. The molecule has 0 N–H and O–H groups in total. The molecule has 2 fully saturated rings. The van der Waals surface area contributed by atoms with Crippen LogP contribution in [0, 0.1) is 11.8 Å². The highest BCUT2D eigenvalue weighted by molar-refractivity contribution is 5.69. The summed E-state index contributed by atoms with van der Waals surface area (Å²) < 4.78 is 9.89. The zero-order valence-electron chi connectivity index (χ0n) is 14.3. The minimum absolute atomic E-state index is 0.168. The third-order valence-electron chi connectivity index (χ3n) is 5.44. The van der Waals surface area contributed by atoms with Crippen molar-refractivity contribution in [2.24, 2.45) is 11.8 Å². The summed E-state index contributed by atoms with van der Waals surface area (Å²) in [6.07, 6.45) is 3.20. The minimum Gasteiger partial charge on any atom is -0.428 e. The summed E-state index contributed by atoms with van der Waals surface area (Å²) in [5.74, 6) is 1.08. The van der Waals surface area contributed by atoms with Gasteiger partial charge in [0.1, 0.15) is 0 Å². The van der Waals surface area contributed by atoms with Gasteiger partial charge in [0.2, 0.25) is 6.79 Å². The summed E-state index contributed by atoms with van der Waals surface area (Å²) in [6.45, 7) is 3.55. The fourth-order valence-electron chi connectivity index (χ4n) is 4.56. The van der Waals surface area contributed by atoms with Crippen LogP contribution in [-0.2, 0) is 14.3 Å². The van der Waals surface area contributed by atoms with Gasteiger partial charge in [-0.15, -0.1) is 0 Å². The first-order chi connectivity index (χ1) is 11.6. The number of esters is 1. The first kappa shape index (κ1) is 16.8. The number of amides is 1. The van der Waals surface area contributed by atoms with Crippen molar-refractivity contribution >= 4 is 12.1 Å². The first-order valence-electron chi connectivity index (χ1n) is 8.73. The molecule has 0 heterocycles. The Labute approximate surface area is 142 Å². The van der Waals surface area contributed by atoms with E-state index in [-0.39, 0.29) is 12.8 Å². The van der Waals surface area contributed by atoms with Crippen molar-refractivity contribution < 1.29 is 19.1 Å². The summed E-state index contributed by atoms with van der Waals surface area (Å²) >= 11 is 0. The molecule has 0 radical (unpaired) electrons. The van der Waals surface area contributed by atoms with E-state index < -0.39 is 12.1 Å². The predicted octanol–water partition coefficient (Wildman–Crippen LogP) is 3.55. The molecule has 1 aromatic carbocycles. The number of likely N-dealkylation sites (N-methyl/N-ethyl adjacent to an activating group) is 1. The van der Waals surface area contributed by atoms with E-state index in [0.717, 1.165) is 0 Å². The number of ether oxygens (including phenoxy) is 2. The Bertz CT molecular complexity index is 588. The number of hydrogen-bond acceptors (Lipinski definition) is 4. The lowest BCUT2D eigenvalue weighted by Gasteiger charge is -2.39. The summed E-state index contributed by atoms with van der Waals surface area (Å²) in [6, 6.07) is 10.6. The van der Waals surface area contributed by atoms with Crippen molar-refractivity contribution in [3.05, 3.63) is 35.9 Å². The van der Waals surface area contributed by atoms with Crippen molar-refractivity contribution in [1.82, 2.24) is 4.90 Å². The van der Waals surface area contributed by atoms with Crippen LogP contribution in [0.25, 0.3) is 0 Å². The van der Waals surface area contributed by atoms with Crippen LogP contribution in [0.2, 0.25) is 0 Å². The van der Waals surface area contributed by atoms with Crippen LogP contribution in [0.1, 0.15) is 44.6 Å². The molecule has 1 amide bonds. The fourth-order valence-corrected chi connectivity index (χ4v) is 4.56. The molecule has 24 heavy (non-hydrogen) atoms. The second-order valence-electron chi connectivity index (χ2n) is 6.71. The molecule has 5 nitrogen and oxygen atoms in total. The van der Waals surface area contributed by atoms with E-state index in [1.165, 1.54) is 31.7 Å². The maximum Gasteiger partial charge on any atom is 0.412 e. The Kier molecular flexibility index (Phi) is 5.07. The van der Waals surface area contributed by atoms with E-state index in [0.29, 0.717) is 24.3 Å². The smallest absolute Gasteiger partial charge is 0.412 e. The SMILES string of the molecule is CCN(C(=O)OCOC(C)=O)C1C(c2ccccc2)C2CC[C@@H]1C2. The summed E-state index contributed by atoms with van der Waals surface area (Å²) in [7, 11) is 0. The molecular weight excluding hydrogens is 306 g/mol. The fraction of sp³-hybridized carbons (Fsp3) is 0.579. The molecule has 4 atom stereocenters. The maximum atomic E-state index is 12.5. The second kappa shape index (κ2) is 7.24. The van der Waals surface area contributed by atoms with Gasteiger partial charge < -0.3 is 14.4 Å². The van der Waals surface area contributed by atoms with Crippen LogP contribution in [0.5, 0.6) is 0 Å². The van der Waals surface area contributed by atoms with Crippen LogP contribution < -0.4 is 0 Å². The maximum absolute atomic E-state index is 12.5. The highest BCUT2D eigenvalue weighted by Gasteiger charge is 2.51. The number of nitrogens with zero attached hydrogens (tertiary/aromatic N) is 1. The highest BCUT2D eigenvalue weighted by Crippen LogP contribution is 2.54. The Morgan fingerprint density at radius 1 is 1.12 bits per heavy atom. The lowest BCUT2D eigenvalue weighted by molar-refractivity contribution is -0.149. The summed E-state index contributed by atoms with van der Waals surface area (Å²) in [5.41, 5.74) is 1.31.